The van der Waals surface area contributed by atoms with E-state index in [0.29, 0.717) is 6.54 Å². The highest BCUT2D eigenvalue weighted by Gasteiger charge is 2.35. The van der Waals surface area contributed by atoms with E-state index in [9.17, 15) is 9.90 Å². The van der Waals surface area contributed by atoms with Crippen LogP contribution in [0.15, 0.2) is 0 Å². The summed E-state index contributed by atoms with van der Waals surface area (Å²) in [6.07, 6.45) is 3.63. The zero-order chi connectivity index (χ0) is 11.3. The van der Waals surface area contributed by atoms with E-state index in [4.69, 9.17) is 0 Å². The van der Waals surface area contributed by atoms with Gasteiger partial charge in [-0.3, -0.25) is 4.84 Å². The average molecular weight is 216 g/mol. The topological polar surface area (TPSA) is 70.6 Å². The molecule has 15 heavy (non-hydrogen) atoms. The van der Waals surface area contributed by atoms with Crippen LogP contribution < -0.4 is 10.8 Å². The van der Waals surface area contributed by atoms with Crippen molar-refractivity contribution in [2.24, 2.45) is 5.41 Å². The molecule has 1 saturated carbocycles. The van der Waals surface area contributed by atoms with Gasteiger partial charge < -0.3 is 10.4 Å². The minimum absolute atomic E-state index is 0.205. The minimum atomic E-state index is -0.364. The Morgan fingerprint density at radius 2 is 2.33 bits per heavy atom. The molecule has 5 heteroatoms. The smallest absolute Gasteiger partial charge is 0.338 e. The van der Waals surface area contributed by atoms with E-state index >= 15 is 0 Å². The molecular formula is C10H20N2O3. The van der Waals surface area contributed by atoms with Crippen LogP contribution in [0.25, 0.3) is 0 Å². The van der Waals surface area contributed by atoms with Crippen LogP contribution in [0.4, 0.5) is 4.79 Å². The summed E-state index contributed by atoms with van der Waals surface area (Å²) in [6.45, 7) is 2.48. The van der Waals surface area contributed by atoms with Crippen LogP contribution in [-0.2, 0) is 4.84 Å². The number of nitrogens with one attached hydrogen (secondary N) is 2. The SMILES string of the molecule is CONC(=O)NC[C@]1(C)CCCC[C@@H]1O. The summed E-state index contributed by atoms with van der Waals surface area (Å²) < 4.78 is 0. The number of rotatable bonds is 3. The van der Waals surface area contributed by atoms with Crippen molar-refractivity contribution in [3.63, 3.8) is 0 Å². The monoisotopic (exact) mass is 216 g/mol. The van der Waals surface area contributed by atoms with Crippen molar-refractivity contribution in [2.75, 3.05) is 13.7 Å². The van der Waals surface area contributed by atoms with Gasteiger partial charge in [-0.15, -0.1) is 0 Å². The van der Waals surface area contributed by atoms with Gasteiger partial charge in [-0.05, 0) is 12.8 Å². The summed E-state index contributed by atoms with van der Waals surface area (Å²) in [6, 6.07) is -0.364. The first-order valence-electron chi connectivity index (χ1n) is 5.33. The Morgan fingerprint density at radius 3 is 2.93 bits per heavy atom. The largest absolute Gasteiger partial charge is 0.392 e. The molecule has 1 aliphatic rings. The van der Waals surface area contributed by atoms with Crippen LogP contribution in [0.5, 0.6) is 0 Å². The molecule has 3 N–H and O–H groups in total. The molecule has 0 aliphatic heterocycles. The summed E-state index contributed by atoms with van der Waals surface area (Å²) in [7, 11) is 1.39. The highest BCUT2D eigenvalue weighted by molar-refractivity contribution is 5.72. The first-order chi connectivity index (χ1) is 7.08. The molecule has 2 atom stereocenters. The third-order valence-electron chi connectivity index (χ3n) is 3.13. The second-order valence-corrected chi connectivity index (χ2v) is 4.40. The molecule has 0 radical (unpaired) electrons. The highest BCUT2D eigenvalue weighted by Crippen LogP contribution is 2.35. The molecule has 2 amide bonds. The van der Waals surface area contributed by atoms with Crippen molar-refractivity contribution in [1.82, 2.24) is 10.8 Å². The lowest BCUT2D eigenvalue weighted by molar-refractivity contribution is 0.00194. The first-order valence-corrected chi connectivity index (χ1v) is 5.33. The van der Waals surface area contributed by atoms with Crippen LogP contribution in [0, 0.1) is 5.41 Å². The predicted octanol–water partition coefficient (Wildman–Crippen LogP) is 0.788. The number of carbonyl (C=O) groups excluding carboxylic acids is 1. The Morgan fingerprint density at radius 1 is 1.60 bits per heavy atom. The summed E-state index contributed by atoms with van der Waals surface area (Å²) in [4.78, 5) is 15.6. The number of hydrogen-bond donors (Lipinski definition) is 3. The number of amides is 2. The second-order valence-electron chi connectivity index (χ2n) is 4.40. The molecule has 0 aromatic rings. The number of hydrogen-bond acceptors (Lipinski definition) is 3. The van der Waals surface area contributed by atoms with E-state index in [1.54, 1.807) is 0 Å². The predicted molar refractivity (Wildman–Crippen MR) is 56.1 cm³/mol. The molecule has 5 nitrogen and oxygen atoms in total. The van der Waals surface area contributed by atoms with E-state index in [-0.39, 0.29) is 17.6 Å². The summed E-state index contributed by atoms with van der Waals surface area (Å²) in [5.41, 5.74) is 1.98. The van der Waals surface area contributed by atoms with Gasteiger partial charge in [0.1, 0.15) is 0 Å². The van der Waals surface area contributed by atoms with Crippen LogP contribution in [-0.4, -0.2) is 30.9 Å². The van der Waals surface area contributed by atoms with E-state index in [0.717, 1.165) is 25.7 Å². The number of aliphatic hydroxyl groups excluding tert-OH is 1. The van der Waals surface area contributed by atoms with Crippen LogP contribution in [0.3, 0.4) is 0 Å². The molecule has 1 fully saturated rings. The molecule has 1 aliphatic carbocycles. The van der Waals surface area contributed by atoms with Crippen LogP contribution in [0.1, 0.15) is 32.6 Å². The van der Waals surface area contributed by atoms with Gasteiger partial charge in [0.2, 0.25) is 0 Å². The highest BCUT2D eigenvalue weighted by atomic mass is 16.6. The third-order valence-corrected chi connectivity index (χ3v) is 3.13. The van der Waals surface area contributed by atoms with Crippen molar-refractivity contribution in [2.45, 2.75) is 38.7 Å². The van der Waals surface area contributed by atoms with E-state index in [1.165, 1.54) is 7.11 Å². The lowest BCUT2D eigenvalue weighted by Gasteiger charge is -2.38. The van der Waals surface area contributed by atoms with Gasteiger partial charge in [-0.1, -0.05) is 19.8 Å². The number of carbonyl (C=O) groups is 1. The molecule has 0 aromatic heterocycles. The van der Waals surface area contributed by atoms with E-state index < -0.39 is 0 Å². The maximum Gasteiger partial charge on any atom is 0.338 e. The quantitative estimate of drug-likeness (QED) is 0.611. The van der Waals surface area contributed by atoms with Crippen LogP contribution in [0.2, 0.25) is 0 Å². The number of aliphatic hydroxyl groups is 1. The maximum absolute atomic E-state index is 11.1. The fourth-order valence-corrected chi connectivity index (χ4v) is 2.00. The Bertz CT molecular complexity index is 223. The van der Waals surface area contributed by atoms with Crippen molar-refractivity contribution in [3.05, 3.63) is 0 Å². The standard InChI is InChI=1S/C10H20N2O3/c1-10(6-4-3-5-8(10)13)7-11-9(14)12-15-2/h8,13H,3-7H2,1-2H3,(H2,11,12,14)/t8-,10-/m0/s1. The zero-order valence-electron chi connectivity index (χ0n) is 9.38. The Hall–Kier alpha value is -0.810. The Kier molecular flexibility index (Phi) is 4.35. The Balaban J connectivity index is 2.37. The molecule has 0 aromatic carbocycles. The summed E-state index contributed by atoms with van der Waals surface area (Å²) in [5, 5.41) is 12.6. The number of hydroxylamine groups is 1. The lowest BCUT2D eigenvalue weighted by Crippen LogP contribution is -2.47. The van der Waals surface area contributed by atoms with Gasteiger partial charge in [0.05, 0.1) is 13.2 Å². The minimum Gasteiger partial charge on any atom is -0.392 e. The van der Waals surface area contributed by atoms with Crippen molar-refractivity contribution in [1.29, 1.82) is 0 Å². The molecule has 88 valence electrons. The first kappa shape index (κ1) is 12.3. The van der Waals surface area contributed by atoms with Gasteiger partial charge in [0.25, 0.3) is 0 Å². The van der Waals surface area contributed by atoms with Crippen molar-refractivity contribution in [3.8, 4) is 0 Å². The molecule has 0 saturated heterocycles. The van der Waals surface area contributed by atoms with Crippen molar-refractivity contribution >= 4 is 6.03 Å². The summed E-state index contributed by atoms with van der Waals surface area (Å²) in [5.74, 6) is 0. The van der Waals surface area contributed by atoms with E-state index in [1.807, 2.05) is 6.92 Å². The average Bonchev–Trinajstić information content (AvgIpc) is 2.21. The van der Waals surface area contributed by atoms with Gasteiger partial charge in [0, 0.05) is 12.0 Å². The molecule has 0 bridgehead atoms. The van der Waals surface area contributed by atoms with Gasteiger partial charge in [-0.2, -0.15) is 0 Å². The van der Waals surface area contributed by atoms with Crippen LogP contribution >= 0.6 is 0 Å². The lowest BCUT2D eigenvalue weighted by atomic mass is 9.73. The molecule has 1 rings (SSSR count). The third kappa shape index (κ3) is 3.35. The van der Waals surface area contributed by atoms with Gasteiger partial charge >= 0.3 is 6.03 Å². The van der Waals surface area contributed by atoms with Crippen molar-refractivity contribution < 1.29 is 14.7 Å². The fourth-order valence-electron chi connectivity index (χ4n) is 2.00. The maximum atomic E-state index is 11.1. The Labute approximate surface area is 90.1 Å². The fraction of sp³-hybridized carbons (Fsp3) is 0.900. The summed E-state index contributed by atoms with van der Waals surface area (Å²) >= 11 is 0. The van der Waals surface area contributed by atoms with E-state index in [2.05, 4.69) is 15.6 Å². The molecule has 0 unspecified atom stereocenters. The normalized spacial score (nSPS) is 31.0. The van der Waals surface area contributed by atoms with Gasteiger partial charge in [0.15, 0.2) is 0 Å². The van der Waals surface area contributed by atoms with Gasteiger partial charge in [-0.25, -0.2) is 10.3 Å². The zero-order valence-corrected chi connectivity index (χ0v) is 9.38. The molecular weight excluding hydrogens is 196 g/mol. The molecule has 0 heterocycles. The second kappa shape index (κ2) is 5.32. The molecule has 0 spiro atoms. The number of urea groups is 1.